The highest BCUT2D eigenvalue weighted by molar-refractivity contribution is 6.29. The standard InChI is InChI=1S/C14H12ClN3O/c15-11-8-16-9-12(17-11)18-13(19)14(6-7-14)10-4-2-1-3-5-10/h1-5,8-9H,6-7H2,(H,17,18,19). The average molecular weight is 274 g/mol. The van der Waals surface area contributed by atoms with Crippen molar-refractivity contribution in [1.82, 2.24) is 9.97 Å². The molecule has 0 aliphatic heterocycles. The fourth-order valence-corrected chi connectivity index (χ4v) is 2.31. The van der Waals surface area contributed by atoms with Crippen LogP contribution in [0, 0.1) is 0 Å². The minimum atomic E-state index is -0.411. The van der Waals surface area contributed by atoms with Crippen molar-refractivity contribution in [3.63, 3.8) is 0 Å². The number of nitrogens with zero attached hydrogens (tertiary/aromatic N) is 2. The first kappa shape index (κ1) is 12.1. The van der Waals surface area contributed by atoms with Gasteiger partial charge in [-0.1, -0.05) is 41.9 Å². The van der Waals surface area contributed by atoms with Gasteiger partial charge in [-0.3, -0.25) is 9.78 Å². The molecule has 0 radical (unpaired) electrons. The first-order valence-corrected chi connectivity index (χ1v) is 6.43. The van der Waals surface area contributed by atoms with Gasteiger partial charge in [0.15, 0.2) is 5.82 Å². The van der Waals surface area contributed by atoms with E-state index in [2.05, 4.69) is 15.3 Å². The van der Waals surface area contributed by atoms with Crippen LogP contribution in [0.3, 0.4) is 0 Å². The molecule has 0 spiro atoms. The van der Waals surface area contributed by atoms with Gasteiger partial charge in [0.2, 0.25) is 5.91 Å². The molecule has 4 nitrogen and oxygen atoms in total. The highest BCUT2D eigenvalue weighted by Crippen LogP contribution is 2.48. The third-order valence-corrected chi connectivity index (χ3v) is 3.54. The van der Waals surface area contributed by atoms with Crippen molar-refractivity contribution < 1.29 is 4.79 Å². The fraction of sp³-hybridized carbons (Fsp3) is 0.214. The summed E-state index contributed by atoms with van der Waals surface area (Å²) in [5.74, 6) is 0.343. The van der Waals surface area contributed by atoms with Gasteiger partial charge in [0.1, 0.15) is 5.15 Å². The quantitative estimate of drug-likeness (QED) is 0.936. The van der Waals surface area contributed by atoms with Gasteiger partial charge in [-0.15, -0.1) is 0 Å². The second-order valence-electron chi connectivity index (χ2n) is 4.63. The van der Waals surface area contributed by atoms with E-state index in [0.29, 0.717) is 5.82 Å². The summed E-state index contributed by atoms with van der Waals surface area (Å²) in [6.07, 6.45) is 4.64. The molecular formula is C14H12ClN3O. The Labute approximate surface area is 115 Å². The summed E-state index contributed by atoms with van der Waals surface area (Å²) in [5, 5.41) is 3.05. The molecule has 1 heterocycles. The van der Waals surface area contributed by atoms with Crippen molar-refractivity contribution in [3.8, 4) is 0 Å². The van der Waals surface area contributed by atoms with Crippen molar-refractivity contribution in [2.24, 2.45) is 0 Å². The predicted octanol–water partition coefficient (Wildman–Crippen LogP) is 2.80. The minimum Gasteiger partial charge on any atom is -0.309 e. The van der Waals surface area contributed by atoms with Crippen LogP contribution < -0.4 is 5.32 Å². The van der Waals surface area contributed by atoms with E-state index in [0.717, 1.165) is 18.4 Å². The fourth-order valence-electron chi connectivity index (χ4n) is 2.17. The van der Waals surface area contributed by atoms with Gasteiger partial charge >= 0.3 is 0 Å². The van der Waals surface area contributed by atoms with Crippen LogP contribution in [0.25, 0.3) is 0 Å². The minimum absolute atomic E-state index is 0.0460. The van der Waals surface area contributed by atoms with Crippen molar-refractivity contribution in [2.75, 3.05) is 5.32 Å². The van der Waals surface area contributed by atoms with Crippen molar-refractivity contribution in [1.29, 1.82) is 0 Å². The van der Waals surface area contributed by atoms with E-state index in [1.165, 1.54) is 12.4 Å². The van der Waals surface area contributed by atoms with E-state index >= 15 is 0 Å². The third kappa shape index (κ3) is 2.31. The first-order valence-electron chi connectivity index (χ1n) is 6.05. The summed E-state index contributed by atoms with van der Waals surface area (Å²) >= 11 is 5.75. The molecule has 1 N–H and O–H groups in total. The summed E-state index contributed by atoms with van der Waals surface area (Å²) in [5.41, 5.74) is 0.633. The van der Waals surface area contributed by atoms with E-state index < -0.39 is 5.41 Å². The largest absolute Gasteiger partial charge is 0.309 e. The van der Waals surface area contributed by atoms with E-state index in [4.69, 9.17) is 11.6 Å². The number of amides is 1. The molecule has 1 aromatic heterocycles. The van der Waals surface area contributed by atoms with Crippen molar-refractivity contribution in [2.45, 2.75) is 18.3 Å². The molecule has 1 aliphatic rings. The Morgan fingerprint density at radius 3 is 2.58 bits per heavy atom. The van der Waals surface area contributed by atoms with E-state index in [-0.39, 0.29) is 11.1 Å². The lowest BCUT2D eigenvalue weighted by molar-refractivity contribution is -0.118. The molecule has 0 unspecified atom stereocenters. The number of aromatic nitrogens is 2. The predicted molar refractivity (Wildman–Crippen MR) is 73.0 cm³/mol. The number of halogens is 1. The lowest BCUT2D eigenvalue weighted by Gasteiger charge is -2.15. The second kappa shape index (κ2) is 4.63. The zero-order valence-corrected chi connectivity index (χ0v) is 10.9. The number of anilines is 1. The zero-order valence-electron chi connectivity index (χ0n) is 10.1. The van der Waals surface area contributed by atoms with Gasteiger partial charge in [0, 0.05) is 0 Å². The number of benzene rings is 1. The second-order valence-corrected chi connectivity index (χ2v) is 5.02. The molecular weight excluding hydrogens is 262 g/mol. The van der Waals surface area contributed by atoms with Crippen LogP contribution in [0.2, 0.25) is 5.15 Å². The molecule has 19 heavy (non-hydrogen) atoms. The van der Waals surface area contributed by atoms with Crippen molar-refractivity contribution >= 4 is 23.3 Å². The topological polar surface area (TPSA) is 54.9 Å². The summed E-state index contributed by atoms with van der Waals surface area (Å²) in [7, 11) is 0. The van der Waals surface area contributed by atoms with E-state index in [1.807, 2.05) is 30.3 Å². The molecule has 96 valence electrons. The SMILES string of the molecule is O=C(Nc1cncc(Cl)n1)C1(c2ccccc2)CC1. The molecule has 0 atom stereocenters. The van der Waals surface area contributed by atoms with Gasteiger partial charge in [0.25, 0.3) is 0 Å². The first-order chi connectivity index (χ1) is 9.21. The van der Waals surface area contributed by atoms with Gasteiger partial charge in [-0.2, -0.15) is 0 Å². The number of hydrogen-bond donors (Lipinski definition) is 1. The van der Waals surface area contributed by atoms with Crippen LogP contribution >= 0.6 is 11.6 Å². The molecule has 0 saturated heterocycles. The molecule has 0 bridgehead atoms. The summed E-state index contributed by atoms with van der Waals surface area (Å²) < 4.78 is 0. The number of hydrogen-bond acceptors (Lipinski definition) is 3. The van der Waals surface area contributed by atoms with Gasteiger partial charge < -0.3 is 5.32 Å². The maximum absolute atomic E-state index is 12.4. The molecule has 1 fully saturated rings. The van der Waals surface area contributed by atoms with Crippen LogP contribution in [0.15, 0.2) is 42.7 Å². The average Bonchev–Trinajstić information content (AvgIpc) is 3.21. The monoisotopic (exact) mass is 273 g/mol. The normalized spacial score (nSPS) is 15.8. The third-order valence-electron chi connectivity index (χ3n) is 3.36. The molecule has 1 saturated carbocycles. The smallest absolute Gasteiger partial charge is 0.236 e. The van der Waals surface area contributed by atoms with Crippen LogP contribution in [-0.4, -0.2) is 15.9 Å². The lowest BCUT2D eigenvalue weighted by Crippen LogP contribution is -2.28. The number of rotatable bonds is 3. The molecule has 3 rings (SSSR count). The zero-order chi connectivity index (χ0) is 13.3. The maximum atomic E-state index is 12.4. The molecule has 1 aliphatic carbocycles. The molecule has 5 heteroatoms. The summed E-state index contributed by atoms with van der Waals surface area (Å²) in [6, 6.07) is 9.80. The Morgan fingerprint density at radius 2 is 1.95 bits per heavy atom. The van der Waals surface area contributed by atoms with Crippen LogP contribution in [0.5, 0.6) is 0 Å². The number of carbonyl (C=O) groups is 1. The Hall–Kier alpha value is -1.94. The lowest BCUT2D eigenvalue weighted by atomic mass is 9.95. The Kier molecular flexibility index (Phi) is 2.95. The molecule has 1 aromatic carbocycles. The highest BCUT2D eigenvalue weighted by atomic mass is 35.5. The van der Waals surface area contributed by atoms with E-state index in [1.54, 1.807) is 0 Å². The molecule has 2 aromatic rings. The Bertz CT molecular complexity index is 611. The number of nitrogens with one attached hydrogen (secondary N) is 1. The van der Waals surface area contributed by atoms with Crippen molar-refractivity contribution in [3.05, 3.63) is 53.4 Å². The maximum Gasteiger partial charge on any atom is 0.236 e. The van der Waals surface area contributed by atoms with Crippen LogP contribution in [0.1, 0.15) is 18.4 Å². The van der Waals surface area contributed by atoms with Crippen LogP contribution in [0.4, 0.5) is 5.82 Å². The van der Waals surface area contributed by atoms with Gasteiger partial charge in [0.05, 0.1) is 17.8 Å². The van der Waals surface area contributed by atoms with E-state index in [9.17, 15) is 4.79 Å². The van der Waals surface area contributed by atoms with Gasteiger partial charge in [-0.05, 0) is 18.4 Å². The summed E-state index contributed by atoms with van der Waals surface area (Å²) in [6.45, 7) is 0. The molecule has 1 amide bonds. The van der Waals surface area contributed by atoms with Crippen LogP contribution in [-0.2, 0) is 10.2 Å². The summed E-state index contributed by atoms with van der Waals surface area (Å²) in [4.78, 5) is 20.3. The van der Waals surface area contributed by atoms with Gasteiger partial charge in [-0.25, -0.2) is 4.98 Å². The Balaban J connectivity index is 1.82. The highest BCUT2D eigenvalue weighted by Gasteiger charge is 2.51. The Morgan fingerprint density at radius 1 is 1.21 bits per heavy atom. The number of carbonyl (C=O) groups excluding carboxylic acids is 1.